The Hall–Kier alpha value is -2.46. The molecule has 31 heavy (non-hydrogen) atoms. The number of benzene rings is 4. The Kier molecular flexibility index (Phi) is 6.86. The summed E-state index contributed by atoms with van der Waals surface area (Å²) in [5, 5.41) is 0. The van der Waals surface area contributed by atoms with Crippen LogP contribution >= 0.6 is 0 Å². The molecule has 0 spiro atoms. The van der Waals surface area contributed by atoms with Gasteiger partial charge in [0.15, 0.2) is 0 Å². The molecule has 0 aromatic heterocycles. The molecule has 3 heteroatoms. The van der Waals surface area contributed by atoms with Crippen molar-refractivity contribution in [3.8, 4) is 0 Å². The van der Waals surface area contributed by atoms with E-state index in [4.69, 9.17) is 3.63 Å². The van der Waals surface area contributed by atoms with E-state index < -0.39 is 22.4 Å². The highest BCUT2D eigenvalue weighted by Gasteiger charge is 2.43. The molecule has 0 radical (unpaired) electrons. The normalized spacial score (nSPS) is 11.3. The van der Waals surface area contributed by atoms with Gasteiger partial charge in [0.2, 0.25) is 19.6 Å². The maximum Gasteiger partial charge on any atom is 0.284 e. The van der Waals surface area contributed by atoms with Gasteiger partial charge in [0, 0.05) is 0 Å². The van der Waals surface area contributed by atoms with Gasteiger partial charge in [0.1, 0.15) is 0 Å². The third-order valence-corrected chi connectivity index (χ3v) is 8.97. The van der Waals surface area contributed by atoms with Crippen LogP contribution in [0.3, 0.4) is 0 Å². The molecule has 0 aliphatic rings. The minimum absolute atomic E-state index is 0.497. The summed E-state index contributed by atoms with van der Waals surface area (Å²) in [6, 6.07) is 34.9. The van der Waals surface area contributed by atoms with Crippen LogP contribution in [0.1, 0.15) is 22.3 Å². The summed E-state index contributed by atoms with van der Waals surface area (Å²) in [6.07, 6.45) is 0. The molecule has 0 saturated heterocycles. The number of aryl methyl sites for hydroxylation is 4. The van der Waals surface area contributed by atoms with Crippen molar-refractivity contribution in [2.45, 2.75) is 47.3 Å². The number of rotatable bonds is 6. The first-order chi connectivity index (χ1) is 15.0. The molecule has 0 bridgehead atoms. The van der Waals surface area contributed by atoms with Gasteiger partial charge in [0.05, 0.1) is 3.63 Å². The Labute approximate surface area is 192 Å². The van der Waals surface area contributed by atoms with E-state index >= 15 is 0 Å². The van der Waals surface area contributed by atoms with Crippen LogP contribution < -0.4 is 0 Å². The fourth-order valence-corrected chi connectivity index (χ4v) is 7.02. The molecule has 0 aliphatic carbocycles. The van der Waals surface area contributed by atoms with Crippen LogP contribution in [0.2, 0.25) is 0 Å². The molecule has 0 atom stereocenters. The topological polar surface area (TPSA) is 9.23 Å². The van der Waals surface area contributed by atoms with Gasteiger partial charge in [-0.15, -0.1) is 0 Å². The maximum atomic E-state index is 7.01. The Morgan fingerprint density at radius 1 is 0.355 bits per heavy atom. The first-order valence-electron chi connectivity index (χ1n) is 10.4. The zero-order chi connectivity index (χ0) is 21.8. The third kappa shape index (κ3) is 5.43. The summed E-state index contributed by atoms with van der Waals surface area (Å²) in [4.78, 5) is 4.80. The molecule has 4 rings (SSSR count). The van der Waals surface area contributed by atoms with Gasteiger partial charge in [-0.2, -0.15) is 0 Å². The van der Waals surface area contributed by atoms with Crippen LogP contribution in [0.25, 0.3) is 0 Å². The Balaban J connectivity index is 1.79. The summed E-state index contributed by atoms with van der Waals surface area (Å²) < 4.78 is 7.01. The molecule has 1 nitrogen and oxygen atoms in total. The first kappa shape index (κ1) is 21.8. The SMILES string of the molecule is Cc1ccc([S+]([16O][S+](c2ccc(C)cc2)c2ccc(C)cc2)c2ccc(C)cc2)cc1. The predicted molar refractivity (Wildman–Crippen MR) is 134 cm³/mol. The van der Waals surface area contributed by atoms with Crippen molar-refractivity contribution in [1.82, 2.24) is 0 Å². The lowest BCUT2D eigenvalue weighted by Gasteiger charge is -2.08. The van der Waals surface area contributed by atoms with Gasteiger partial charge in [-0.1, -0.05) is 70.8 Å². The van der Waals surface area contributed by atoms with E-state index in [2.05, 4.69) is 125 Å². The van der Waals surface area contributed by atoms with Crippen LogP contribution in [0, 0.1) is 27.7 Å². The number of hydrogen-bond donors (Lipinski definition) is 0. The van der Waals surface area contributed by atoms with Gasteiger partial charge in [-0.05, 0) is 76.2 Å². The fourth-order valence-electron chi connectivity index (χ4n) is 3.14. The van der Waals surface area contributed by atoms with Crippen molar-refractivity contribution in [2.75, 3.05) is 0 Å². The Morgan fingerprint density at radius 2 is 0.548 bits per heavy atom. The molecule has 0 unspecified atom stereocenters. The van der Waals surface area contributed by atoms with Crippen molar-refractivity contribution in [3.05, 3.63) is 119 Å². The van der Waals surface area contributed by atoms with Crippen LogP contribution in [0.4, 0.5) is 0 Å². The Morgan fingerprint density at radius 3 is 0.742 bits per heavy atom. The van der Waals surface area contributed by atoms with Gasteiger partial charge in [0.25, 0.3) is 22.4 Å². The van der Waals surface area contributed by atoms with Gasteiger partial charge in [-0.3, -0.25) is 0 Å². The van der Waals surface area contributed by atoms with Gasteiger partial charge >= 0.3 is 0 Å². The lowest BCUT2D eigenvalue weighted by Crippen LogP contribution is -2.16. The summed E-state index contributed by atoms with van der Waals surface area (Å²) in [5.41, 5.74) is 5.03. The first-order valence-corrected chi connectivity index (χ1v) is 12.7. The van der Waals surface area contributed by atoms with Crippen molar-refractivity contribution in [3.63, 3.8) is 0 Å². The smallest absolute Gasteiger partial charge is 0.0542 e. The average Bonchev–Trinajstić information content (AvgIpc) is 2.78. The quantitative estimate of drug-likeness (QED) is 0.279. The molecule has 4 aromatic carbocycles. The zero-order valence-corrected chi connectivity index (χ0v) is 20.1. The molecule has 0 heterocycles. The number of hydrogen-bond acceptors (Lipinski definition) is 1. The standard InChI is InChI=1S/C28H28OS2/c1-21-5-13-25(14-6-21)30(26-15-7-22(2)8-16-26)29-31(27-17-9-23(3)10-18-27)28-19-11-24(4)12-20-28/h5-20H,1-4H3/q+2/i29+0. The van der Waals surface area contributed by atoms with Crippen molar-refractivity contribution >= 4 is 22.4 Å². The van der Waals surface area contributed by atoms with Crippen LogP contribution in [-0.2, 0) is 26.0 Å². The lowest BCUT2D eigenvalue weighted by molar-refractivity contribution is 0.703. The molecule has 0 amide bonds. The van der Waals surface area contributed by atoms with E-state index in [0.29, 0.717) is 0 Å². The minimum atomic E-state index is -0.497. The van der Waals surface area contributed by atoms with E-state index in [1.165, 1.54) is 41.8 Å². The predicted octanol–water partition coefficient (Wildman–Crippen LogP) is 7.54. The largest absolute Gasteiger partial charge is 0.284 e. The third-order valence-electron chi connectivity index (χ3n) is 5.08. The van der Waals surface area contributed by atoms with E-state index in [-0.39, 0.29) is 0 Å². The van der Waals surface area contributed by atoms with Crippen LogP contribution in [-0.4, -0.2) is 0 Å². The fraction of sp³-hybridized carbons (Fsp3) is 0.143. The molecule has 156 valence electrons. The monoisotopic (exact) mass is 444 g/mol. The lowest BCUT2D eigenvalue weighted by atomic mass is 10.2. The highest BCUT2D eigenvalue weighted by atomic mass is 32.3. The summed E-state index contributed by atoms with van der Waals surface area (Å²) >= 11 is -0.994. The highest BCUT2D eigenvalue weighted by Crippen LogP contribution is 2.34. The van der Waals surface area contributed by atoms with Crippen molar-refractivity contribution < 1.29 is 3.63 Å². The molecular weight excluding hydrogens is 416 g/mol. The molecule has 0 saturated carbocycles. The van der Waals surface area contributed by atoms with Crippen molar-refractivity contribution in [2.24, 2.45) is 0 Å². The average molecular weight is 445 g/mol. The van der Waals surface area contributed by atoms with Crippen LogP contribution in [0.15, 0.2) is 117 Å². The van der Waals surface area contributed by atoms with E-state index in [1.807, 2.05) is 0 Å². The second-order valence-corrected chi connectivity index (χ2v) is 11.4. The summed E-state index contributed by atoms with van der Waals surface area (Å²) in [5.74, 6) is 0. The molecule has 0 aliphatic heterocycles. The molecular formula is C28H28OS2+2. The van der Waals surface area contributed by atoms with Gasteiger partial charge in [-0.25, -0.2) is 0 Å². The Bertz CT molecular complexity index is 932. The van der Waals surface area contributed by atoms with E-state index in [1.54, 1.807) is 0 Å². The molecule has 0 fully saturated rings. The second-order valence-electron chi connectivity index (χ2n) is 7.86. The summed E-state index contributed by atoms with van der Waals surface area (Å²) in [7, 11) is 0. The minimum Gasteiger partial charge on any atom is -0.0542 e. The van der Waals surface area contributed by atoms with Crippen molar-refractivity contribution in [1.29, 1.82) is 0 Å². The zero-order valence-electron chi connectivity index (χ0n) is 18.5. The maximum absolute atomic E-state index is 7.01. The van der Waals surface area contributed by atoms with E-state index in [0.717, 1.165) is 0 Å². The van der Waals surface area contributed by atoms with Crippen LogP contribution in [0.5, 0.6) is 0 Å². The molecule has 4 aromatic rings. The highest BCUT2D eigenvalue weighted by molar-refractivity contribution is 8.05. The molecule has 0 N–H and O–H groups in total. The summed E-state index contributed by atoms with van der Waals surface area (Å²) in [6.45, 7) is 8.49. The van der Waals surface area contributed by atoms with E-state index in [9.17, 15) is 0 Å². The second kappa shape index (κ2) is 9.78. The van der Waals surface area contributed by atoms with Gasteiger partial charge < -0.3 is 0 Å².